The first-order valence-corrected chi connectivity index (χ1v) is 11.9. The third-order valence-corrected chi connectivity index (χ3v) is 8.14. The lowest BCUT2D eigenvalue weighted by Crippen LogP contribution is -2.14. The van der Waals surface area contributed by atoms with Crippen LogP contribution in [0.1, 0.15) is 37.0 Å². The Labute approximate surface area is 195 Å². The molecule has 1 aliphatic carbocycles. The molecule has 0 unspecified atom stereocenters. The molecule has 4 heteroatoms. The summed E-state index contributed by atoms with van der Waals surface area (Å²) >= 11 is 14.5. The molecule has 0 saturated heterocycles. The molecule has 3 aromatic carbocycles. The Bertz CT molecular complexity index is 1460. The molecule has 0 radical (unpaired) electrons. The van der Waals surface area contributed by atoms with Crippen molar-refractivity contribution in [3.63, 3.8) is 0 Å². The van der Waals surface area contributed by atoms with Gasteiger partial charge in [0.25, 0.3) is 0 Å². The largest absolute Gasteiger partial charge is 0.229 e. The van der Waals surface area contributed by atoms with E-state index >= 15 is 0 Å². The van der Waals surface area contributed by atoms with E-state index < -0.39 is 0 Å². The highest BCUT2D eigenvalue weighted by atomic mass is 35.5. The summed E-state index contributed by atoms with van der Waals surface area (Å²) in [5, 5.41) is 3.32. The number of fused-ring (bicyclic) bond motifs is 6. The fraction of sp³-hybridized carbons (Fsp3) is 0.148. The first kappa shape index (κ1) is 19.3. The van der Waals surface area contributed by atoms with Crippen molar-refractivity contribution in [3.8, 4) is 22.3 Å². The van der Waals surface area contributed by atoms with Crippen LogP contribution >= 0.6 is 34.5 Å². The van der Waals surface area contributed by atoms with E-state index in [1.807, 2.05) is 6.08 Å². The summed E-state index contributed by atoms with van der Waals surface area (Å²) in [5.41, 5.74) is 8.85. The molecule has 4 aromatic rings. The fourth-order valence-corrected chi connectivity index (χ4v) is 6.52. The molecular weight excluding hydrogens is 441 g/mol. The Hall–Kier alpha value is -2.39. The highest BCUT2D eigenvalue weighted by Crippen LogP contribution is 2.50. The number of aliphatic imine (C=N–C) groups is 1. The van der Waals surface area contributed by atoms with E-state index in [0.29, 0.717) is 11.6 Å². The molecule has 1 nitrogen and oxygen atoms in total. The molecule has 0 bridgehead atoms. The molecular formula is C27H19Cl2NS. The van der Waals surface area contributed by atoms with Gasteiger partial charge in [-0.25, -0.2) is 4.99 Å². The van der Waals surface area contributed by atoms with E-state index in [4.69, 9.17) is 23.2 Å². The number of benzene rings is 3. The highest BCUT2D eigenvalue weighted by Gasteiger charge is 2.35. The van der Waals surface area contributed by atoms with Gasteiger partial charge in [-0.1, -0.05) is 85.6 Å². The molecule has 0 spiro atoms. The molecule has 2 aliphatic rings. The van der Waals surface area contributed by atoms with Gasteiger partial charge in [0.05, 0.1) is 0 Å². The first-order chi connectivity index (χ1) is 14.9. The van der Waals surface area contributed by atoms with Gasteiger partial charge < -0.3 is 0 Å². The molecule has 0 N–H and O–H groups in total. The lowest BCUT2D eigenvalue weighted by atomic mass is 9.81. The average molecular weight is 460 g/mol. The monoisotopic (exact) mass is 459 g/mol. The number of allylic oxidation sites excluding steroid dienone is 1. The minimum absolute atomic E-state index is 0.0109. The van der Waals surface area contributed by atoms with E-state index in [1.165, 1.54) is 38.1 Å². The SMILES string of the molecule is CC1(C)c2ccccc2-c2ccc(-c3ccc4sc5c(c4c3)C(Cl)=CCC(Cl)=N5)cc21. The number of halogens is 2. The van der Waals surface area contributed by atoms with Gasteiger partial charge in [-0.05, 0) is 51.6 Å². The van der Waals surface area contributed by atoms with E-state index in [-0.39, 0.29) is 5.41 Å². The van der Waals surface area contributed by atoms with Crippen molar-refractivity contribution in [2.75, 3.05) is 0 Å². The number of rotatable bonds is 1. The standard InChI is InChI=1S/C27H19Cl2NS/c1-27(2)20-6-4-3-5-17(20)18-9-7-16(14-21(18)27)15-8-11-23-19(13-15)25-22(28)10-12-24(29)30-26(25)31-23/h3-11,13-14H,12H2,1-2H3. The van der Waals surface area contributed by atoms with Gasteiger partial charge in [0, 0.05) is 32.5 Å². The van der Waals surface area contributed by atoms with Crippen molar-refractivity contribution in [3.05, 3.63) is 83.4 Å². The van der Waals surface area contributed by atoms with Crippen LogP contribution in [0.4, 0.5) is 5.00 Å². The fourth-order valence-electron chi connectivity index (χ4n) is 4.89. The topological polar surface area (TPSA) is 12.4 Å². The minimum Gasteiger partial charge on any atom is -0.229 e. The van der Waals surface area contributed by atoms with Gasteiger partial charge in [0.2, 0.25) is 0 Å². The van der Waals surface area contributed by atoms with Gasteiger partial charge in [-0.3, -0.25) is 0 Å². The van der Waals surface area contributed by atoms with Gasteiger partial charge in [-0.15, -0.1) is 11.3 Å². The molecule has 31 heavy (non-hydrogen) atoms. The summed E-state index contributed by atoms with van der Waals surface area (Å²) in [7, 11) is 0. The molecule has 1 aromatic heterocycles. The zero-order chi connectivity index (χ0) is 21.3. The predicted molar refractivity (Wildman–Crippen MR) is 136 cm³/mol. The third-order valence-electron chi connectivity index (χ3n) is 6.50. The minimum atomic E-state index is -0.0109. The van der Waals surface area contributed by atoms with Crippen molar-refractivity contribution in [2.45, 2.75) is 25.7 Å². The lowest BCUT2D eigenvalue weighted by molar-refractivity contribution is 0.660. The van der Waals surface area contributed by atoms with Crippen LogP contribution in [0.25, 0.3) is 37.4 Å². The van der Waals surface area contributed by atoms with Crippen LogP contribution in [0.15, 0.2) is 71.7 Å². The number of nitrogens with zero attached hydrogens (tertiary/aromatic N) is 1. The van der Waals surface area contributed by atoms with E-state index in [2.05, 4.69) is 79.5 Å². The summed E-state index contributed by atoms with van der Waals surface area (Å²) < 4.78 is 1.17. The Balaban J connectivity index is 1.53. The maximum atomic E-state index is 6.64. The summed E-state index contributed by atoms with van der Waals surface area (Å²) in [6.45, 7) is 4.63. The van der Waals surface area contributed by atoms with Crippen LogP contribution in [0.3, 0.4) is 0 Å². The molecule has 2 heterocycles. The van der Waals surface area contributed by atoms with E-state index in [9.17, 15) is 0 Å². The second kappa shape index (κ2) is 6.80. The van der Waals surface area contributed by atoms with E-state index in [0.717, 1.165) is 21.0 Å². The average Bonchev–Trinajstić information content (AvgIpc) is 3.18. The van der Waals surface area contributed by atoms with Gasteiger partial charge >= 0.3 is 0 Å². The molecule has 0 atom stereocenters. The molecule has 0 amide bonds. The van der Waals surface area contributed by atoms with Crippen molar-refractivity contribution in [2.24, 2.45) is 4.99 Å². The highest BCUT2D eigenvalue weighted by molar-refractivity contribution is 7.23. The Kier molecular flexibility index (Phi) is 4.24. The van der Waals surface area contributed by atoms with Crippen LogP contribution in [-0.4, -0.2) is 5.17 Å². The van der Waals surface area contributed by atoms with Crippen LogP contribution in [0, 0.1) is 0 Å². The molecule has 1 aliphatic heterocycles. The first-order valence-electron chi connectivity index (χ1n) is 10.3. The number of hydrogen-bond acceptors (Lipinski definition) is 2. The van der Waals surface area contributed by atoms with Crippen molar-refractivity contribution in [1.29, 1.82) is 0 Å². The summed E-state index contributed by atoms with van der Waals surface area (Å²) in [5.74, 6) is 0. The quantitative estimate of drug-likeness (QED) is 0.269. The lowest BCUT2D eigenvalue weighted by Gasteiger charge is -2.22. The van der Waals surface area contributed by atoms with Crippen molar-refractivity contribution in [1.82, 2.24) is 0 Å². The van der Waals surface area contributed by atoms with Crippen LogP contribution < -0.4 is 0 Å². The summed E-state index contributed by atoms with van der Waals surface area (Å²) in [6.07, 6.45) is 2.52. The second-order valence-electron chi connectivity index (χ2n) is 8.67. The molecule has 0 saturated carbocycles. The Morgan fingerprint density at radius 3 is 2.48 bits per heavy atom. The van der Waals surface area contributed by atoms with Crippen LogP contribution in [0.2, 0.25) is 0 Å². The maximum Gasteiger partial charge on any atom is 0.127 e. The summed E-state index contributed by atoms with van der Waals surface area (Å²) in [6, 6.07) is 22.2. The Morgan fingerprint density at radius 2 is 1.61 bits per heavy atom. The van der Waals surface area contributed by atoms with E-state index in [1.54, 1.807) is 11.3 Å². The number of hydrogen-bond donors (Lipinski definition) is 0. The predicted octanol–water partition coefficient (Wildman–Crippen LogP) is 9.13. The Morgan fingerprint density at radius 1 is 0.871 bits per heavy atom. The van der Waals surface area contributed by atoms with Crippen LogP contribution in [-0.2, 0) is 5.41 Å². The zero-order valence-corrected chi connectivity index (χ0v) is 19.5. The van der Waals surface area contributed by atoms with Crippen molar-refractivity contribution >= 4 is 59.8 Å². The van der Waals surface area contributed by atoms with Gasteiger partial charge in [0.15, 0.2) is 0 Å². The third kappa shape index (κ3) is 2.86. The number of thiophene rings is 1. The molecule has 0 fully saturated rings. The molecule has 6 rings (SSSR count). The molecule has 152 valence electrons. The summed E-state index contributed by atoms with van der Waals surface area (Å²) in [4.78, 5) is 4.58. The maximum absolute atomic E-state index is 6.64. The van der Waals surface area contributed by atoms with Crippen LogP contribution in [0.5, 0.6) is 0 Å². The zero-order valence-electron chi connectivity index (χ0n) is 17.2. The van der Waals surface area contributed by atoms with Crippen molar-refractivity contribution < 1.29 is 0 Å². The smallest absolute Gasteiger partial charge is 0.127 e. The van der Waals surface area contributed by atoms with Gasteiger partial charge in [0.1, 0.15) is 10.2 Å². The normalized spacial score (nSPS) is 16.3. The van der Waals surface area contributed by atoms with Gasteiger partial charge in [-0.2, -0.15) is 0 Å². The second-order valence-corrected chi connectivity index (χ2v) is 10.5.